The van der Waals surface area contributed by atoms with Crippen LogP contribution in [0.4, 0.5) is 30.2 Å². The smallest absolute Gasteiger partial charge is 0.416 e. The highest BCUT2D eigenvalue weighted by Gasteiger charge is 2.31. The summed E-state index contributed by atoms with van der Waals surface area (Å²) in [4.78, 5) is 72.2. The van der Waals surface area contributed by atoms with Gasteiger partial charge in [-0.25, -0.2) is 9.59 Å². The van der Waals surface area contributed by atoms with Crippen LogP contribution in [0.3, 0.4) is 0 Å². The molecular formula is C37H40Cl2F3N4O15PS. The number of carboxylic acid groups (broad SMARTS) is 1. The molecule has 0 amide bonds. The number of nitrogens with zero attached hydrogens (tertiary/aromatic N) is 2. The molecule has 0 radical (unpaired) electrons. The van der Waals surface area contributed by atoms with E-state index in [0.717, 1.165) is 30.3 Å². The van der Waals surface area contributed by atoms with Gasteiger partial charge < -0.3 is 44.1 Å². The lowest BCUT2D eigenvalue weighted by molar-refractivity contribution is -0.385. The first-order valence-electron chi connectivity index (χ1n) is 17.3. The highest BCUT2D eigenvalue weighted by molar-refractivity contribution is 7.94. The SMILES string of the molecule is CCOC(=O)C(C)OC(=O)c1cc(Oc2ccc(C(F)(F)F)cc2Cl)ccc1[N+](=O)[O-].C[S+](C)C.Nc1c([N+](=O)[O-])ccc(Oc2ccccc2)c1Cl.O=C(O)CNCP(=O)([O-])O. The average molecular weight is 972 g/mol. The van der Waals surface area contributed by atoms with Gasteiger partial charge >= 0.3 is 24.1 Å². The number of rotatable bonds is 14. The molecule has 0 spiro atoms. The van der Waals surface area contributed by atoms with Crippen molar-refractivity contribution in [2.45, 2.75) is 26.1 Å². The summed E-state index contributed by atoms with van der Waals surface area (Å²) in [6, 6.07) is 17.0. The zero-order chi connectivity index (χ0) is 48.2. The third kappa shape index (κ3) is 20.8. The van der Waals surface area contributed by atoms with Crippen molar-refractivity contribution < 1.29 is 75.8 Å². The molecule has 4 rings (SSSR count). The Morgan fingerprint density at radius 2 is 1.44 bits per heavy atom. The molecule has 19 nitrogen and oxygen atoms in total. The molecule has 2 unspecified atom stereocenters. The Bertz CT molecular complexity index is 2250. The van der Waals surface area contributed by atoms with Crippen LogP contribution in [-0.2, 0) is 40.7 Å². The van der Waals surface area contributed by atoms with E-state index >= 15 is 0 Å². The lowest BCUT2D eigenvalue weighted by Crippen LogP contribution is -2.26. The fourth-order valence-electron chi connectivity index (χ4n) is 4.04. The molecule has 4 aromatic carbocycles. The number of alkyl halides is 3. The number of para-hydroxylation sites is 1. The standard InChI is InChI=1S/C19H15ClF3NO7.C12H9ClN2O3.C3H8NO5P.C3H9S/c1-3-29-17(25)10(2)30-18(26)13-9-12(5-6-15(13)24(27)28)31-16-7-4-11(8-14(16)20)19(21,22)23;13-11-10(18-8-4-2-1-3-5-8)7-6-9(12(11)14)15(16)17;5-3(6)1-4-2-10(7,8)9;1-4(2)3/h4-10H,3H2,1-2H3;1-7H,14H2;4H,1-2H2,(H,5,6)(H2,7,8,9);1-3H3/q;;;+1/p-1. The monoisotopic (exact) mass is 970 g/mol. The molecule has 0 saturated heterocycles. The number of benzene rings is 4. The fourth-order valence-corrected chi connectivity index (χ4v) is 4.85. The maximum Gasteiger partial charge on any atom is 0.416 e. The summed E-state index contributed by atoms with van der Waals surface area (Å²) in [5, 5.41) is 31.6. The number of nitrogens with two attached hydrogens (primary N) is 1. The number of aliphatic carboxylic acids is 1. The highest BCUT2D eigenvalue weighted by Crippen LogP contribution is 2.39. The number of anilines is 1. The largest absolute Gasteiger partial charge is 0.778 e. The Balaban J connectivity index is 0.000000518. The van der Waals surface area contributed by atoms with Crippen molar-refractivity contribution in [2.75, 3.05) is 43.9 Å². The van der Waals surface area contributed by atoms with Crippen LogP contribution in [0.15, 0.2) is 78.9 Å². The summed E-state index contributed by atoms with van der Waals surface area (Å²) in [7, 11) is -3.71. The van der Waals surface area contributed by atoms with Gasteiger partial charge in [0.1, 0.15) is 46.9 Å². The highest BCUT2D eigenvalue weighted by atomic mass is 35.5. The quantitative estimate of drug-likeness (QED) is 0.0238. The van der Waals surface area contributed by atoms with Crippen molar-refractivity contribution in [1.29, 1.82) is 0 Å². The van der Waals surface area contributed by atoms with E-state index in [-0.39, 0.29) is 45.3 Å². The second kappa shape index (κ2) is 26.1. The molecular weight excluding hydrogens is 931 g/mol. The van der Waals surface area contributed by atoms with E-state index in [9.17, 15) is 57.2 Å². The number of esters is 2. The molecule has 0 aliphatic carbocycles. The minimum absolute atomic E-state index is 0.0352. The predicted molar refractivity (Wildman–Crippen MR) is 226 cm³/mol. The van der Waals surface area contributed by atoms with Gasteiger partial charge in [0, 0.05) is 18.2 Å². The number of carboxylic acids is 1. The number of hydrogen-bond donors (Lipinski definition) is 4. The van der Waals surface area contributed by atoms with E-state index in [1.807, 2.05) is 11.4 Å². The number of ether oxygens (including phenoxy) is 4. The molecule has 0 heterocycles. The topological polar surface area (TPSA) is 293 Å². The third-order valence-electron chi connectivity index (χ3n) is 6.65. The average Bonchev–Trinajstić information content (AvgIpc) is 3.17. The van der Waals surface area contributed by atoms with E-state index in [1.165, 1.54) is 19.1 Å². The summed E-state index contributed by atoms with van der Waals surface area (Å²) in [6.45, 7) is 2.33. The van der Waals surface area contributed by atoms with Gasteiger partial charge in [0.25, 0.3) is 11.4 Å². The van der Waals surface area contributed by atoms with Crippen LogP contribution in [0.5, 0.6) is 23.0 Å². The summed E-state index contributed by atoms with van der Waals surface area (Å²) < 4.78 is 68.7. The van der Waals surface area contributed by atoms with Gasteiger partial charge in [0.2, 0.25) is 0 Å². The minimum atomic E-state index is -4.61. The number of nitrogen functional groups attached to an aromatic ring is 1. The number of nitro groups is 2. The number of hydrogen-bond acceptors (Lipinski definition) is 15. The first-order chi connectivity index (χ1) is 29.2. The molecule has 2 atom stereocenters. The molecule has 344 valence electrons. The number of carbonyl (C=O) groups excluding carboxylic acids is 2. The van der Waals surface area contributed by atoms with Crippen molar-refractivity contribution in [1.82, 2.24) is 5.32 Å². The minimum Gasteiger partial charge on any atom is -0.778 e. The summed E-state index contributed by atoms with van der Waals surface area (Å²) in [5.41, 5.74) is 3.08. The van der Waals surface area contributed by atoms with Crippen LogP contribution >= 0.6 is 30.8 Å². The van der Waals surface area contributed by atoms with Crippen molar-refractivity contribution in [3.05, 3.63) is 120 Å². The summed E-state index contributed by atoms with van der Waals surface area (Å²) in [6.07, 6.45) is -0.0672. The van der Waals surface area contributed by atoms with Gasteiger partial charge in [-0.2, -0.15) is 13.2 Å². The zero-order valence-corrected chi connectivity index (χ0v) is 36.8. The first-order valence-corrected chi connectivity index (χ1v) is 22.3. The Labute approximate surface area is 370 Å². The van der Waals surface area contributed by atoms with E-state index in [4.69, 9.17) is 57.9 Å². The number of nitrogens with one attached hydrogen (secondary N) is 1. The van der Waals surface area contributed by atoms with E-state index in [0.29, 0.717) is 22.7 Å². The van der Waals surface area contributed by atoms with Crippen molar-refractivity contribution in [3.8, 4) is 23.0 Å². The first kappa shape index (κ1) is 55.3. The molecule has 0 saturated carbocycles. The fraction of sp³-hybridized carbons (Fsp3) is 0.270. The van der Waals surface area contributed by atoms with Gasteiger partial charge in [-0.15, -0.1) is 0 Å². The molecule has 63 heavy (non-hydrogen) atoms. The van der Waals surface area contributed by atoms with E-state index in [2.05, 4.69) is 18.8 Å². The number of nitro benzene ring substituents is 2. The van der Waals surface area contributed by atoms with Gasteiger partial charge in [-0.1, -0.05) is 41.4 Å². The van der Waals surface area contributed by atoms with Crippen LogP contribution in [0.2, 0.25) is 10.0 Å². The second-order valence-corrected chi connectivity index (χ2v) is 17.1. The molecule has 0 fully saturated rings. The van der Waals surface area contributed by atoms with Crippen LogP contribution < -0.4 is 25.4 Å². The third-order valence-corrected chi connectivity index (χ3v) is 7.96. The summed E-state index contributed by atoms with van der Waals surface area (Å²) in [5.74, 6) is -2.67. The molecule has 0 aliphatic rings. The molecule has 0 bridgehead atoms. The van der Waals surface area contributed by atoms with E-state index in [1.54, 1.807) is 31.2 Å². The number of carbonyl (C=O) groups is 3. The maximum atomic E-state index is 12.8. The maximum absolute atomic E-state index is 12.8. The Hall–Kier alpha value is -5.68. The Kier molecular flexibility index (Phi) is 22.9. The van der Waals surface area contributed by atoms with Crippen LogP contribution in [-0.4, -0.2) is 82.1 Å². The van der Waals surface area contributed by atoms with Crippen molar-refractivity contribution in [2.24, 2.45) is 0 Å². The Morgan fingerprint density at radius 3 is 1.94 bits per heavy atom. The van der Waals surface area contributed by atoms with Gasteiger partial charge in [0.15, 0.2) is 6.10 Å². The molecule has 0 aromatic heterocycles. The van der Waals surface area contributed by atoms with Gasteiger partial charge in [-0.3, -0.25) is 30.3 Å². The van der Waals surface area contributed by atoms with E-state index < -0.39 is 77.3 Å². The van der Waals surface area contributed by atoms with Crippen LogP contribution in [0.25, 0.3) is 0 Å². The predicted octanol–water partition coefficient (Wildman–Crippen LogP) is 7.45. The number of halogens is 5. The van der Waals surface area contributed by atoms with Crippen LogP contribution in [0, 0.1) is 20.2 Å². The molecule has 26 heteroatoms. The normalized spacial score (nSPS) is 12.0. The lowest BCUT2D eigenvalue weighted by Gasteiger charge is -2.14. The molecule has 0 aliphatic heterocycles. The van der Waals surface area contributed by atoms with Crippen molar-refractivity contribution in [3.63, 3.8) is 0 Å². The summed E-state index contributed by atoms with van der Waals surface area (Å²) >= 11 is 11.8. The molecule has 5 N–H and O–H groups in total. The lowest BCUT2D eigenvalue weighted by atomic mass is 10.1. The van der Waals surface area contributed by atoms with Gasteiger partial charge in [-0.05, 0) is 67.2 Å². The van der Waals surface area contributed by atoms with Crippen molar-refractivity contribution >= 4 is 76.7 Å². The van der Waals surface area contributed by atoms with Gasteiger partial charge in [0.05, 0.1) is 58.6 Å². The molecule has 4 aromatic rings. The Morgan fingerprint density at radius 1 is 0.905 bits per heavy atom. The zero-order valence-electron chi connectivity index (χ0n) is 33.6. The second-order valence-electron chi connectivity index (χ2n) is 12.3. The van der Waals surface area contributed by atoms with Crippen LogP contribution in [0.1, 0.15) is 29.8 Å².